The number of anilines is 1. The topological polar surface area (TPSA) is 112 Å². The van der Waals surface area contributed by atoms with Gasteiger partial charge in [0.2, 0.25) is 6.23 Å². The first-order valence-corrected chi connectivity index (χ1v) is 6.36. The molecule has 0 spiro atoms. The summed E-state index contributed by atoms with van der Waals surface area (Å²) < 4.78 is 4.92. The number of aliphatic hydroxyl groups excluding tert-OH is 1. The van der Waals surface area contributed by atoms with Crippen molar-refractivity contribution >= 4 is 28.2 Å². The highest BCUT2D eigenvalue weighted by atomic mass is 32.1. The molecule has 0 aromatic carbocycles. The second-order valence-electron chi connectivity index (χ2n) is 3.70. The van der Waals surface area contributed by atoms with E-state index in [0.29, 0.717) is 5.00 Å². The standard InChI is InChI=1S/C11H15N3O4S/c1-4-18-11(17)7-5(2)6(3)19-10(7)13-8(15)9(16)14-12/h9,12,16H,4H2,1-3H3,(H,13,15). The summed E-state index contributed by atoms with van der Waals surface area (Å²) in [6.45, 7) is 5.47. The zero-order valence-corrected chi connectivity index (χ0v) is 11.6. The van der Waals surface area contributed by atoms with Crippen molar-refractivity contribution in [2.75, 3.05) is 11.9 Å². The smallest absolute Gasteiger partial charge is 0.341 e. The fourth-order valence-electron chi connectivity index (χ4n) is 1.40. The molecule has 19 heavy (non-hydrogen) atoms. The summed E-state index contributed by atoms with van der Waals surface area (Å²) in [6, 6.07) is 0. The highest BCUT2D eigenvalue weighted by Crippen LogP contribution is 2.33. The van der Waals surface area contributed by atoms with Gasteiger partial charge < -0.3 is 15.2 Å². The van der Waals surface area contributed by atoms with Crippen LogP contribution in [-0.2, 0) is 9.53 Å². The largest absolute Gasteiger partial charge is 0.462 e. The number of carbonyl (C=O) groups excluding carboxylic acids is 2. The van der Waals surface area contributed by atoms with Crippen molar-refractivity contribution in [1.82, 2.24) is 0 Å². The molecular weight excluding hydrogens is 270 g/mol. The number of ether oxygens (including phenoxy) is 1. The monoisotopic (exact) mass is 285 g/mol. The fourth-order valence-corrected chi connectivity index (χ4v) is 2.45. The average Bonchev–Trinajstić information content (AvgIpc) is 2.64. The molecule has 1 aromatic rings. The van der Waals surface area contributed by atoms with Crippen molar-refractivity contribution in [3.63, 3.8) is 0 Å². The number of aliphatic hydroxyl groups is 1. The number of thiophene rings is 1. The maximum atomic E-state index is 11.8. The van der Waals surface area contributed by atoms with Crippen LogP contribution in [0.15, 0.2) is 5.11 Å². The van der Waals surface area contributed by atoms with Gasteiger partial charge in [0.05, 0.1) is 12.2 Å². The maximum Gasteiger partial charge on any atom is 0.341 e. The van der Waals surface area contributed by atoms with Gasteiger partial charge in [0.1, 0.15) is 5.00 Å². The Balaban J connectivity index is 3.07. The van der Waals surface area contributed by atoms with Gasteiger partial charge in [-0.1, -0.05) is 0 Å². The molecule has 1 atom stereocenters. The average molecular weight is 285 g/mol. The summed E-state index contributed by atoms with van der Waals surface area (Å²) in [5.74, 6) is -1.39. The first kappa shape index (κ1) is 15.3. The van der Waals surface area contributed by atoms with Crippen LogP contribution >= 0.6 is 11.3 Å². The SMILES string of the molecule is CCOC(=O)c1c(NC(=O)C(O)N=N)sc(C)c1C. The summed E-state index contributed by atoms with van der Waals surface area (Å²) >= 11 is 1.20. The molecule has 0 aliphatic carbocycles. The summed E-state index contributed by atoms with van der Waals surface area (Å²) in [5.41, 5.74) is 7.57. The van der Waals surface area contributed by atoms with Crippen molar-refractivity contribution in [3.05, 3.63) is 16.0 Å². The molecule has 0 bridgehead atoms. The molecule has 1 rings (SSSR count). The number of rotatable bonds is 5. The highest BCUT2D eigenvalue weighted by molar-refractivity contribution is 7.16. The van der Waals surface area contributed by atoms with Crippen LogP contribution in [0.5, 0.6) is 0 Å². The number of hydrogen-bond donors (Lipinski definition) is 3. The van der Waals surface area contributed by atoms with Crippen molar-refractivity contribution in [2.45, 2.75) is 27.0 Å². The number of carbonyl (C=O) groups is 2. The minimum Gasteiger partial charge on any atom is -0.462 e. The Bertz CT molecular complexity index is 512. The molecule has 0 aliphatic heterocycles. The Hall–Kier alpha value is -1.80. The predicted molar refractivity (Wildman–Crippen MR) is 69.5 cm³/mol. The Morgan fingerprint density at radius 1 is 1.53 bits per heavy atom. The quantitative estimate of drug-likeness (QED) is 0.566. The van der Waals surface area contributed by atoms with Gasteiger partial charge in [-0.05, 0) is 26.3 Å². The van der Waals surface area contributed by atoms with E-state index in [2.05, 4.69) is 10.4 Å². The lowest BCUT2D eigenvalue weighted by atomic mass is 10.1. The Kier molecular flexibility index (Phi) is 5.13. The molecule has 1 heterocycles. The summed E-state index contributed by atoms with van der Waals surface area (Å²) in [7, 11) is 0. The summed E-state index contributed by atoms with van der Waals surface area (Å²) in [6.07, 6.45) is -1.78. The zero-order chi connectivity index (χ0) is 14.6. The summed E-state index contributed by atoms with van der Waals surface area (Å²) in [4.78, 5) is 24.2. The van der Waals surface area contributed by atoms with E-state index in [1.54, 1.807) is 13.8 Å². The van der Waals surface area contributed by atoms with Crippen LogP contribution in [0, 0.1) is 19.4 Å². The normalized spacial score (nSPS) is 11.8. The minimum atomic E-state index is -1.78. The third kappa shape index (κ3) is 3.36. The first-order chi connectivity index (χ1) is 8.92. The van der Waals surface area contributed by atoms with Gasteiger partial charge in [-0.3, -0.25) is 4.79 Å². The molecule has 0 fully saturated rings. The second kappa shape index (κ2) is 6.39. The Labute approximate surface area is 114 Å². The molecule has 0 radical (unpaired) electrons. The lowest BCUT2D eigenvalue weighted by Gasteiger charge is -2.07. The van der Waals surface area contributed by atoms with E-state index in [9.17, 15) is 9.59 Å². The van der Waals surface area contributed by atoms with Gasteiger partial charge in [-0.25, -0.2) is 10.3 Å². The van der Waals surface area contributed by atoms with E-state index in [1.165, 1.54) is 11.3 Å². The predicted octanol–water partition coefficient (Wildman–Crippen LogP) is 1.83. The third-order valence-corrected chi connectivity index (χ3v) is 3.58. The molecule has 0 aliphatic rings. The van der Waals surface area contributed by atoms with Crippen LogP contribution < -0.4 is 5.32 Å². The van der Waals surface area contributed by atoms with Gasteiger partial charge in [-0.2, -0.15) is 5.11 Å². The van der Waals surface area contributed by atoms with E-state index in [1.807, 2.05) is 6.92 Å². The molecule has 104 valence electrons. The molecule has 1 aromatic heterocycles. The van der Waals surface area contributed by atoms with Gasteiger partial charge in [0.25, 0.3) is 5.91 Å². The van der Waals surface area contributed by atoms with E-state index >= 15 is 0 Å². The van der Waals surface area contributed by atoms with E-state index < -0.39 is 18.1 Å². The highest BCUT2D eigenvalue weighted by Gasteiger charge is 2.24. The Morgan fingerprint density at radius 3 is 2.68 bits per heavy atom. The molecule has 3 N–H and O–H groups in total. The number of nitrogens with zero attached hydrogens (tertiary/aromatic N) is 1. The van der Waals surface area contributed by atoms with Crippen molar-refractivity contribution < 1.29 is 19.4 Å². The van der Waals surface area contributed by atoms with Gasteiger partial charge >= 0.3 is 5.97 Å². The van der Waals surface area contributed by atoms with Gasteiger partial charge in [0.15, 0.2) is 0 Å². The number of esters is 1. The maximum absolute atomic E-state index is 11.8. The summed E-state index contributed by atoms with van der Waals surface area (Å²) in [5, 5.41) is 14.5. The van der Waals surface area contributed by atoms with Crippen LogP contribution in [0.25, 0.3) is 0 Å². The van der Waals surface area contributed by atoms with E-state index in [0.717, 1.165) is 10.4 Å². The second-order valence-corrected chi connectivity index (χ2v) is 4.92. The lowest BCUT2D eigenvalue weighted by Crippen LogP contribution is -2.25. The number of hydrogen-bond acceptors (Lipinski definition) is 7. The molecule has 0 saturated carbocycles. The van der Waals surface area contributed by atoms with Gasteiger partial charge in [-0.15, -0.1) is 11.3 Å². The van der Waals surface area contributed by atoms with Crippen molar-refractivity contribution in [2.24, 2.45) is 5.11 Å². The molecule has 1 amide bonds. The number of amides is 1. The van der Waals surface area contributed by atoms with Crippen LogP contribution in [-0.4, -0.2) is 29.8 Å². The molecule has 1 unspecified atom stereocenters. The fraction of sp³-hybridized carbons (Fsp3) is 0.455. The van der Waals surface area contributed by atoms with Crippen LogP contribution in [0.3, 0.4) is 0 Å². The number of aryl methyl sites for hydroxylation is 1. The lowest BCUT2D eigenvalue weighted by molar-refractivity contribution is -0.123. The van der Waals surface area contributed by atoms with Crippen LogP contribution in [0.1, 0.15) is 27.7 Å². The number of nitrogens with one attached hydrogen (secondary N) is 2. The van der Waals surface area contributed by atoms with E-state index in [-0.39, 0.29) is 12.2 Å². The first-order valence-electron chi connectivity index (χ1n) is 5.55. The zero-order valence-electron chi connectivity index (χ0n) is 10.8. The van der Waals surface area contributed by atoms with Crippen molar-refractivity contribution in [1.29, 1.82) is 5.53 Å². The minimum absolute atomic E-state index is 0.227. The molecular formula is C11H15N3O4S. The molecule has 7 nitrogen and oxygen atoms in total. The van der Waals surface area contributed by atoms with Crippen molar-refractivity contribution in [3.8, 4) is 0 Å². The van der Waals surface area contributed by atoms with E-state index in [4.69, 9.17) is 15.4 Å². The van der Waals surface area contributed by atoms with Gasteiger partial charge in [0, 0.05) is 4.88 Å². The van der Waals surface area contributed by atoms with Crippen LogP contribution in [0.2, 0.25) is 0 Å². The Morgan fingerprint density at radius 2 is 2.16 bits per heavy atom. The third-order valence-electron chi connectivity index (χ3n) is 2.46. The molecule has 0 saturated heterocycles. The molecule has 8 heteroatoms. The van der Waals surface area contributed by atoms with Crippen LogP contribution in [0.4, 0.5) is 5.00 Å².